The van der Waals surface area contributed by atoms with Crippen molar-refractivity contribution in [2.45, 2.75) is 38.6 Å². The molecule has 4 rings (SSSR count). The van der Waals surface area contributed by atoms with Gasteiger partial charge in [0.15, 0.2) is 0 Å². The quantitative estimate of drug-likeness (QED) is 0.776. The number of rotatable bonds is 3. The maximum absolute atomic E-state index is 4.59. The largest absolute Gasteiger partial charge is 0.381 e. The summed E-state index contributed by atoms with van der Waals surface area (Å²) in [5.41, 5.74) is 5.62. The first-order chi connectivity index (χ1) is 10.7. The molecule has 1 fully saturated rings. The lowest BCUT2D eigenvalue weighted by Gasteiger charge is -2.18. The van der Waals surface area contributed by atoms with Gasteiger partial charge in [0.1, 0.15) is 5.65 Å². The highest BCUT2D eigenvalue weighted by atomic mass is 15.2. The van der Waals surface area contributed by atoms with Crippen LogP contribution in [-0.4, -0.2) is 25.8 Å². The van der Waals surface area contributed by atoms with Gasteiger partial charge in [0, 0.05) is 48.2 Å². The topological polar surface area (TPSA) is 58.5 Å². The lowest BCUT2D eigenvalue weighted by Crippen LogP contribution is -2.15. The smallest absolute Gasteiger partial charge is 0.139 e. The van der Waals surface area contributed by atoms with E-state index in [9.17, 15) is 0 Å². The summed E-state index contributed by atoms with van der Waals surface area (Å²) in [5.74, 6) is 0. The maximum atomic E-state index is 4.59. The van der Waals surface area contributed by atoms with Gasteiger partial charge in [-0.15, -0.1) is 0 Å². The van der Waals surface area contributed by atoms with Gasteiger partial charge in [0.05, 0.1) is 11.9 Å². The zero-order chi connectivity index (χ0) is 15.1. The van der Waals surface area contributed by atoms with Crippen LogP contribution in [0, 0.1) is 6.92 Å². The van der Waals surface area contributed by atoms with E-state index in [1.165, 1.54) is 42.3 Å². The van der Waals surface area contributed by atoms with E-state index in [0.717, 1.165) is 16.8 Å². The third-order valence-corrected chi connectivity index (χ3v) is 4.62. The van der Waals surface area contributed by atoms with Crippen LogP contribution in [0.5, 0.6) is 0 Å². The second-order valence-electron chi connectivity index (χ2n) is 6.27. The number of aryl methyl sites for hydroxylation is 2. The summed E-state index contributed by atoms with van der Waals surface area (Å²) in [6.07, 6.45) is 13.1. The van der Waals surface area contributed by atoms with E-state index < -0.39 is 0 Å². The molecule has 0 radical (unpaired) electrons. The fourth-order valence-electron chi connectivity index (χ4n) is 3.46. The number of H-pyrrole nitrogens is 1. The molecule has 0 saturated heterocycles. The van der Waals surface area contributed by atoms with Gasteiger partial charge in [0.2, 0.25) is 0 Å². The van der Waals surface area contributed by atoms with Gasteiger partial charge >= 0.3 is 0 Å². The summed E-state index contributed by atoms with van der Waals surface area (Å²) in [5, 5.41) is 9.30. The summed E-state index contributed by atoms with van der Waals surface area (Å²) in [6.45, 7) is 2.13. The van der Waals surface area contributed by atoms with Crippen LogP contribution in [0.1, 0.15) is 31.2 Å². The normalized spacial score (nSPS) is 15.7. The number of hydrogen-bond donors (Lipinski definition) is 2. The zero-order valence-corrected chi connectivity index (χ0v) is 13.1. The molecule has 1 aliphatic rings. The van der Waals surface area contributed by atoms with Crippen molar-refractivity contribution < 1.29 is 0 Å². The Kier molecular flexibility index (Phi) is 3.13. The number of anilines is 1. The van der Waals surface area contributed by atoms with Gasteiger partial charge < -0.3 is 10.3 Å². The lowest BCUT2D eigenvalue weighted by molar-refractivity contribution is 0.757. The molecule has 0 amide bonds. The second-order valence-corrected chi connectivity index (χ2v) is 6.27. The minimum Gasteiger partial charge on any atom is -0.381 e. The molecule has 5 nitrogen and oxygen atoms in total. The number of nitrogens with zero attached hydrogens (tertiary/aromatic N) is 3. The monoisotopic (exact) mass is 295 g/mol. The zero-order valence-electron chi connectivity index (χ0n) is 13.1. The third-order valence-electron chi connectivity index (χ3n) is 4.62. The van der Waals surface area contributed by atoms with E-state index in [-0.39, 0.29) is 0 Å². The Hall–Kier alpha value is -2.30. The molecular formula is C17H21N5. The van der Waals surface area contributed by atoms with Gasteiger partial charge in [-0.25, -0.2) is 4.98 Å². The first-order valence-corrected chi connectivity index (χ1v) is 7.94. The molecule has 3 aromatic rings. The van der Waals surface area contributed by atoms with Crippen molar-refractivity contribution in [2.75, 3.05) is 5.32 Å². The Morgan fingerprint density at radius 3 is 2.82 bits per heavy atom. The average molecular weight is 295 g/mol. The Morgan fingerprint density at radius 1 is 1.27 bits per heavy atom. The number of pyridine rings is 1. The Bertz CT molecular complexity index is 808. The highest BCUT2D eigenvalue weighted by Crippen LogP contribution is 2.37. The molecule has 0 atom stereocenters. The molecule has 1 saturated carbocycles. The number of aromatic nitrogens is 4. The Labute approximate surface area is 129 Å². The standard InChI is InChI=1S/C17H21N5/c1-11-7-18-17-15(11)16(21-13-5-3-4-6-13)14(9-19-17)12-8-20-22(2)10-12/h7-10,13H,3-6H2,1-2H3,(H2,18,19,21). The van der Waals surface area contributed by atoms with Crippen molar-refractivity contribution in [1.82, 2.24) is 19.7 Å². The molecule has 3 heterocycles. The lowest BCUT2D eigenvalue weighted by atomic mass is 10.0. The van der Waals surface area contributed by atoms with Crippen LogP contribution >= 0.6 is 0 Å². The van der Waals surface area contributed by atoms with Gasteiger partial charge in [-0.05, 0) is 25.3 Å². The van der Waals surface area contributed by atoms with Gasteiger partial charge in [-0.3, -0.25) is 4.68 Å². The maximum Gasteiger partial charge on any atom is 0.139 e. The minimum atomic E-state index is 0.565. The van der Waals surface area contributed by atoms with Crippen molar-refractivity contribution in [3.63, 3.8) is 0 Å². The van der Waals surface area contributed by atoms with Crippen LogP contribution in [0.25, 0.3) is 22.2 Å². The summed E-state index contributed by atoms with van der Waals surface area (Å²) < 4.78 is 1.84. The van der Waals surface area contributed by atoms with Crippen LogP contribution < -0.4 is 5.32 Å². The fraction of sp³-hybridized carbons (Fsp3) is 0.412. The molecule has 114 valence electrons. The van der Waals surface area contributed by atoms with E-state index in [4.69, 9.17) is 0 Å². The number of aromatic amines is 1. The molecule has 2 N–H and O–H groups in total. The number of nitrogens with one attached hydrogen (secondary N) is 2. The Balaban J connectivity index is 1.88. The second kappa shape index (κ2) is 5.16. The van der Waals surface area contributed by atoms with Crippen LogP contribution in [0.3, 0.4) is 0 Å². The van der Waals surface area contributed by atoms with E-state index in [1.54, 1.807) is 0 Å². The molecule has 0 unspecified atom stereocenters. The molecule has 0 spiro atoms. The first-order valence-electron chi connectivity index (χ1n) is 7.94. The van der Waals surface area contributed by atoms with Gasteiger partial charge in [-0.2, -0.15) is 5.10 Å². The molecule has 3 aromatic heterocycles. The molecule has 22 heavy (non-hydrogen) atoms. The predicted octanol–water partition coefficient (Wildman–Crippen LogP) is 3.63. The SMILES string of the molecule is Cc1c[nH]c2ncc(-c3cnn(C)c3)c(NC3CCCC3)c12. The van der Waals surface area contributed by atoms with Crippen molar-refractivity contribution >= 4 is 16.7 Å². The average Bonchev–Trinajstić information content (AvgIpc) is 3.22. The van der Waals surface area contributed by atoms with E-state index in [1.807, 2.05) is 36.5 Å². The molecule has 0 aromatic carbocycles. The van der Waals surface area contributed by atoms with Crippen LogP contribution in [0.15, 0.2) is 24.8 Å². The van der Waals surface area contributed by atoms with E-state index in [2.05, 4.69) is 27.3 Å². The molecule has 5 heteroatoms. The summed E-state index contributed by atoms with van der Waals surface area (Å²) >= 11 is 0. The third kappa shape index (κ3) is 2.17. The molecular weight excluding hydrogens is 274 g/mol. The van der Waals surface area contributed by atoms with Crippen LogP contribution in [0.4, 0.5) is 5.69 Å². The molecule has 0 aliphatic heterocycles. The predicted molar refractivity (Wildman–Crippen MR) is 88.9 cm³/mol. The van der Waals surface area contributed by atoms with Gasteiger partial charge in [-0.1, -0.05) is 12.8 Å². The summed E-state index contributed by atoms with van der Waals surface area (Å²) in [4.78, 5) is 7.86. The highest BCUT2D eigenvalue weighted by Gasteiger charge is 2.20. The minimum absolute atomic E-state index is 0.565. The van der Waals surface area contributed by atoms with Crippen molar-refractivity contribution in [1.29, 1.82) is 0 Å². The molecule has 1 aliphatic carbocycles. The number of hydrogen-bond acceptors (Lipinski definition) is 3. The van der Waals surface area contributed by atoms with Gasteiger partial charge in [0.25, 0.3) is 0 Å². The highest BCUT2D eigenvalue weighted by molar-refractivity contribution is 6.00. The van der Waals surface area contributed by atoms with Crippen LogP contribution in [-0.2, 0) is 7.05 Å². The summed E-state index contributed by atoms with van der Waals surface area (Å²) in [6, 6.07) is 0.565. The Morgan fingerprint density at radius 2 is 2.09 bits per heavy atom. The van der Waals surface area contributed by atoms with E-state index in [0.29, 0.717) is 6.04 Å². The van der Waals surface area contributed by atoms with Crippen molar-refractivity contribution in [3.05, 3.63) is 30.4 Å². The first kappa shape index (κ1) is 13.4. The number of fused-ring (bicyclic) bond motifs is 1. The van der Waals surface area contributed by atoms with E-state index >= 15 is 0 Å². The summed E-state index contributed by atoms with van der Waals surface area (Å²) in [7, 11) is 1.95. The van der Waals surface area contributed by atoms with Crippen molar-refractivity contribution in [3.8, 4) is 11.1 Å². The molecule has 0 bridgehead atoms. The fourth-order valence-corrected chi connectivity index (χ4v) is 3.46. The van der Waals surface area contributed by atoms with Crippen molar-refractivity contribution in [2.24, 2.45) is 7.05 Å². The van der Waals surface area contributed by atoms with Crippen LogP contribution in [0.2, 0.25) is 0 Å².